The van der Waals surface area contributed by atoms with Crippen molar-refractivity contribution in [2.24, 2.45) is 0 Å². The molecule has 14 aromatic rings. The van der Waals surface area contributed by atoms with E-state index in [1.807, 2.05) is 87.8 Å². The zero-order chi connectivity index (χ0) is 100. The fraction of sp³-hybridized carbons (Fsp3) is 0.231. The number of hydrogen-bond acceptors (Lipinski definition) is 24. The number of carbonyl (C=O) groups excluding carboxylic acids is 6. The molecule has 738 valence electrons. The first kappa shape index (κ1) is 90.1. The summed E-state index contributed by atoms with van der Waals surface area (Å²) in [5.74, 6) is -17.8. The Morgan fingerprint density at radius 3 is 0.966 bits per heavy atom. The van der Waals surface area contributed by atoms with E-state index in [0.717, 1.165) is 66.2 Å². The van der Waals surface area contributed by atoms with E-state index >= 15 is 39.5 Å². The highest BCUT2D eigenvalue weighted by Gasteiger charge is 2.58. The molecule has 0 radical (unpaired) electrons. The molecule has 15 heterocycles. The van der Waals surface area contributed by atoms with E-state index in [9.17, 15) is 43.2 Å². The van der Waals surface area contributed by atoms with E-state index in [-0.39, 0.29) is 121 Å². The SMILES string of the molecule is CC1=CC(Oc2c3n(ccc2=O)N([C@@H]2c4ccccc4-c4scc5c4-c4c2ccc(F)c4C(F)(F)C5)[C@@H]2COCCN2C3=O)OC1=O.O=C1OC(Oc2c3n(ccc2=O)N(C2c4ccccc4-c4scc5c4-c4c2ccc(F)c4C(F)(F)C5)C2COCCN2C3=O)c2ccccc21.O=C1OC(Oc2c3n(ccc2=O)N([C@@H]2c4ccccc4-c4scc5c4-c4c2ccc(F)c4C(F)(F)C5)[C@@H]2COCCN2C3=O)c2ccccc21. The van der Waals surface area contributed by atoms with E-state index in [1.165, 1.54) is 109 Å². The van der Waals surface area contributed by atoms with Crippen molar-refractivity contribution in [1.82, 2.24) is 28.7 Å². The van der Waals surface area contributed by atoms with Crippen LogP contribution < -0.4 is 45.5 Å². The van der Waals surface area contributed by atoms with Gasteiger partial charge >= 0.3 is 17.9 Å². The second-order valence-electron chi connectivity index (χ2n) is 37.7. The summed E-state index contributed by atoms with van der Waals surface area (Å²) in [5, 5.41) is 10.6. The number of morpholine rings is 3. The predicted octanol–water partition coefficient (Wildman–Crippen LogP) is 17.4. The molecule has 6 aliphatic carbocycles. The van der Waals surface area contributed by atoms with Crippen molar-refractivity contribution in [3.8, 4) is 82.0 Å². The molecule has 29 rings (SSSR count). The van der Waals surface area contributed by atoms with Crippen molar-refractivity contribution in [3.63, 3.8) is 0 Å². The molecule has 9 atom stereocenters. The van der Waals surface area contributed by atoms with Gasteiger partial charge in [-0.25, -0.2) is 53.9 Å². The van der Waals surface area contributed by atoms with Gasteiger partial charge in [-0.3, -0.25) is 57.8 Å². The Balaban J connectivity index is 0.000000109. The minimum Gasteiger partial charge on any atom is -0.444 e. The Hall–Kier alpha value is -15.7. The number of alkyl halides is 6. The molecule has 3 fully saturated rings. The molecule has 8 aromatic carbocycles. The lowest BCUT2D eigenvalue weighted by Gasteiger charge is -2.51. The molecule has 0 bridgehead atoms. The van der Waals surface area contributed by atoms with Gasteiger partial charge in [-0.2, -0.15) is 0 Å². The average molecular weight is 2050 g/mol. The van der Waals surface area contributed by atoms with Gasteiger partial charge in [0.05, 0.1) is 85.6 Å². The zero-order valence-corrected chi connectivity index (χ0v) is 78.9. The standard InChI is InChI=1S/2C37H24F3N3O6S.C34H24F3N3O6S/c2*38-24-10-9-23-28-27-18(15-37(39,40)29(24)28)17-50-33(27)20-6-2-1-5-19(20)30(23)43-26-16-47-14-13-41(26)34(45)31-32(25(44)11-12-42(31)43)48-36-22-8-4-3-7-21(22)35(46)49-36;1-16-12-24(46-33(16)43)45-30-22(41)8-9-39-29(30)32(42)38-10-11-44-14-23(38)40(39)28-18-4-2-3-5-19(18)31-25-17(15-47-31)13-34(36,37)27-21(35)7-6-20(28)26(25)27/h2*1-12,17,26,30,36H,13-16H2;2-9,12,15,23-24,28H,10-11,13-14H2,1H3/t26-,30-,36?;;23-,24?,28-/m1.1/s1. The van der Waals surface area contributed by atoms with E-state index in [2.05, 4.69) is 0 Å². The topological polar surface area (TPSA) is 271 Å². The molecule has 0 N–H and O–H groups in total. The van der Waals surface area contributed by atoms with E-state index in [4.69, 9.17) is 42.6 Å². The van der Waals surface area contributed by atoms with Crippen LogP contribution in [0.2, 0.25) is 0 Å². The van der Waals surface area contributed by atoms with Gasteiger partial charge in [0.2, 0.25) is 33.5 Å². The number of benzene rings is 8. The van der Waals surface area contributed by atoms with Crippen LogP contribution >= 0.6 is 34.0 Å². The number of nitrogens with zero attached hydrogens (tertiary/aromatic N) is 9. The van der Waals surface area contributed by atoms with Crippen LogP contribution in [0.25, 0.3) is 64.7 Å². The highest BCUT2D eigenvalue weighted by Crippen LogP contribution is 2.64. The second kappa shape index (κ2) is 32.9. The van der Waals surface area contributed by atoms with Gasteiger partial charge in [-0.1, -0.05) is 127 Å². The first-order valence-electron chi connectivity index (χ1n) is 47.1. The van der Waals surface area contributed by atoms with Crippen molar-refractivity contribution in [3.05, 3.63) is 377 Å². The number of amides is 3. The summed E-state index contributed by atoms with van der Waals surface area (Å²) in [6, 6.07) is 44.8. The van der Waals surface area contributed by atoms with Gasteiger partial charge in [0, 0.05) is 146 Å². The Morgan fingerprint density at radius 2 is 0.646 bits per heavy atom. The zero-order valence-electron chi connectivity index (χ0n) is 76.5. The molecule has 15 aliphatic rings. The molecule has 6 aromatic heterocycles. The number of cyclic esters (lactones) is 3. The van der Waals surface area contributed by atoms with Gasteiger partial charge in [-0.15, -0.1) is 34.0 Å². The van der Waals surface area contributed by atoms with E-state index < -0.39 is 179 Å². The lowest BCUT2D eigenvalue weighted by atomic mass is 9.80. The second-order valence-corrected chi connectivity index (χ2v) is 40.3. The third-order valence-electron chi connectivity index (χ3n) is 29.8. The maximum Gasteiger partial charge on any atom is 0.342 e. The van der Waals surface area contributed by atoms with Gasteiger partial charge in [0.1, 0.15) is 35.9 Å². The Labute approximate surface area is 836 Å². The molecule has 27 nitrogen and oxygen atoms in total. The fourth-order valence-electron chi connectivity index (χ4n) is 23.7. The number of ether oxygens (including phenoxy) is 9. The number of thiophene rings is 3. The number of carbonyl (C=O) groups is 6. The normalized spacial score (nSPS) is 22.5. The lowest BCUT2D eigenvalue weighted by Crippen LogP contribution is -2.66. The Bertz CT molecular complexity index is 8130. The molecule has 5 unspecified atom stereocenters. The molecule has 147 heavy (non-hydrogen) atoms. The van der Waals surface area contributed by atoms with Crippen LogP contribution in [0.1, 0.15) is 168 Å². The maximum absolute atomic E-state index is 15.9. The van der Waals surface area contributed by atoms with Gasteiger partial charge < -0.3 is 57.3 Å². The number of hydrogen-bond donors (Lipinski definition) is 0. The minimum atomic E-state index is -3.47. The van der Waals surface area contributed by atoms with Crippen LogP contribution in [0, 0.1) is 17.5 Å². The summed E-state index contributed by atoms with van der Waals surface area (Å²) in [7, 11) is 0. The van der Waals surface area contributed by atoms with Gasteiger partial charge in [0.25, 0.3) is 54.4 Å². The summed E-state index contributed by atoms with van der Waals surface area (Å²) in [5.41, 5.74) is 6.70. The molecule has 0 saturated carbocycles. The maximum atomic E-state index is 15.9. The monoisotopic (exact) mass is 2050 g/mol. The lowest BCUT2D eigenvalue weighted by molar-refractivity contribution is -0.148. The third kappa shape index (κ3) is 13.3. The third-order valence-corrected chi connectivity index (χ3v) is 33.0. The highest BCUT2D eigenvalue weighted by atomic mass is 32.1. The van der Waals surface area contributed by atoms with Crippen LogP contribution in [0.4, 0.5) is 39.5 Å². The molecular weight excluding hydrogens is 1980 g/mol. The summed E-state index contributed by atoms with van der Waals surface area (Å²) < 4.78 is 199. The van der Waals surface area contributed by atoms with Crippen molar-refractivity contribution < 1.29 is 111 Å². The minimum absolute atomic E-state index is 0.0619. The van der Waals surface area contributed by atoms with Gasteiger partial charge in [0.15, 0.2) is 17.1 Å². The summed E-state index contributed by atoms with van der Waals surface area (Å²) >= 11 is 4.01. The van der Waals surface area contributed by atoms with Crippen LogP contribution in [-0.4, -0.2) is 148 Å². The van der Waals surface area contributed by atoms with Crippen LogP contribution in [0.5, 0.6) is 17.2 Å². The largest absolute Gasteiger partial charge is 0.444 e. The molecular formula is C108H72F9N9O18S3. The van der Waals surface area contributed by atoms with E-state index in [1.54, 1.807) is 86.3 Å². The summed E-state index contributed by atoms with van der Waals surface area (Å²) in [6.45, 7) is 2.90. The first-order chi connectivity index (χ1) is 71.1. The van der Waals surface area contributed by atoms with Crippen molar-refractivity contribution in [2.45, 2.75) is 99.4 Å². The van der Waals surface area contributed by atoms with Crippen molar-refractivity contribution >= 4 is 69.6 Å². The number of pyridine rings is 3. The van der Waals surface area contributed by atoms with Crippen LogP contribution in [0.15, 0.2) is 237 Å². The smallest absolute Gasteiger partial charge is 0.342 e. The van der Waals surface area contributed by atoms with Gasteiger partial charge in [-0.05, 0) is 120 Å². The average Bonchev–Trinajstić information content (AvgIpc) is 1.58. The molecule has 3 amide bonds. The van der Waals surface area contributed by atoms with Crippen LogP contribution in [0.3, 0.4) is 0 Å². The number of halogens is 9. The summed E-state index contributed by atoms with van der Waals surface area (Å²) in [6.07, 6.45) is -2.20. The van der Waals surface area contributed by atoms with Crippen molar-refractivity contribution in [2.75, 3.05) is 74.3 Å². The molecule has 39 heteroatoms. The predicted molar refractivity (Wildman–Crippen MR) is 512 cm³/mol. The number of rotatable bonds is 9. The molecule has 0 spiro atoms. The molecule has 9 aliphatic heterocycles. The Morgan fingerprint density at radius 1 is 0.340 bits per heavy atom. The van der Waals surface area contributed by atoms with Crippen molar-refractivity contribution in [1.29, 1.82) is 0 Å². The quantitative estimate of drug-likeness (QED) is 0.0738. The number of fused-ring (bicyclic) bond motifs is 14. The Kier molecular flexibility index (Phi) is 20.2. The van der Waals surface area contributed by atoms with E-state index in [0.29, 0.717) is 66.8 Å². The van der Waals surface area contributed by atoms with Crippen LogP contribution in [-0.2, 0) is 70.2 Å². The number of aromatic nitrogens is 3. The summed E-state index contributed by atoms with van der Waals surface area (Å²) in [4.78, 5) is 128. The highest BCUT2D eigenvalue weighted by molar-refractivity contribution is 7.15. The number of esters is 3. The fourth-order valence-corrected chi connectivity index (χ4v) is 27.1. The molecule has 3 saturated heterocycles. The first-order valence-corrected chi connectivity index (χ1v) is 49.7.